The fourth-order valence-electron chi connectivity index (χ4n) is 2.42. The Kier molecular flexibility index (Phi) is 2.46. The Bertz CT molecular complexity index is 325. The van der Waals surface area contributed by atoms with Crippen LogP contribution in [0.1, 0.15) is 25.7 Å². The van der Waals surface area contributed by atoms with Gasteiger partial charge in [-0.3, -0.25) is 9.59 Å². The van der Waals surface area contributed by atoms with Gasteiger partial charge in [-0.1, -0.05) is 0 Å². The molecule has 0 radical (unpaired) electrons. The monoisotopic (exact) mass is 211 g/mol. The summed E-state index contributed by atoms with van der Waals surface area (Å²) in [6.07, 6.45) is 1.65. The van der Waals surface area contributed by atoms with Gasteiger partial charge in [0.2, 0.25) is 5.91 Å². The van der Waals surface area contributed by atoms with E-state index in [1.165, 1.54) is 12.0 Å². The summed E-state index contributed by atoms with van der Waals surface area (Å²) >= 11 is 0. The average molecular weight is 211 g/mol. The Morgan fingerprint density at radius 2 is 2.13 bits per heavy atom. The predicted octanol–water partition coefficient (Wildman–Crippen LogP) is -0.118. The maximum Gasteiger partial charge on any atom is 0.328 e. The number of carbonyl (C=O) groups excluding carboxylic acids is 3. The number of hydrogen-bond acceptors (Lipinski definition) is 4. The molecule has 2 saturated heterocycles. The van der Waals surface area contributed by atoms with E-state index in [2.05, 4.69) is 4.74 Å². The van der Waals surface area contributed by atoms with E-state index in [4.69, 9.17) is 0 Å². The van der Waals surface area contributed by atoms with Crippen molar-refractivity contribution < 1.29 is 19.1 Å². The van der Waals surface area contributed by atoms with Crippen LogP contribution in [-0.2, 0) is 19.1 Å². The summed E-state index contributed by atoms with van der Waals surface area (Å²) in [6.45, 7) is 0. The summed E-state index contributed by atoms with van der Waals surface area (Å²) in [4.78, 5) is 35.7. The number of Topliss-reactive ketones (excluding diaryl/α,β-unsaturated/α-hetero) is 1. The molecule has 2 fully saturated rings. The van der Waals surface area contributed by atoms with Crippen molar-refractivity contribution in [1.82, 2.24) is 4.90 Å². The smallest absolute Gasteiger partial charge is 0.328 e. The molecule has 0 bridgehead atoms. The van der Waals surface area contributed by atoms with Crippen molar-refractivity contribution >= 4 is 17.7 Å². The van der Waals surface area contributed by atoms with E-state index in [1.54, 1.807) is 0 Å². The molecule has 0 aromatic heterocycles. The number of rotatable bonds is 1. The molecule has 2 heterocycles. The Balaban J connectivity index is 2.17. The van der Waals surface area contributed by atoms with Gasteiger partial charge in [0.05, 0.1) is 13.5 Å². The van der Waals surface area contributed by atoms with Crippen LogP contribution in [0.3, 0.4) is 0 Å². The number of hydrogen-bond donors (Lipinski definition) is 0. The van der Waals surface area contributed by atoms with Crippen molar-refractivity contribution in [3.8, 4) is 0 Å². The lowest BCUT2D eigenvalue weighted by atomic mass is 10.0. The molecular weight excluding hydrogens is 198 g/mol. The van der Waals surface area contributed by atoms with Crippen molar-refractivity contribution in [1.29, 1.82) is 0 Å². The van der Waals surface area contributed by atoms with Crippen LogP contribution in [0.25, 0.3) is 0 Å². The molecule has 0 aromatic rings. The van der Waals surface area contributed by atoms with Crippen molar-refractivity contribution in [3.63, 3.8) is 0 Å². The Morgan fingerprint density at radius 1 is 1.40 bits per heavy atom. The van der Waals surface area contributed by atoms with Gasteiger partial charge in [-0.25, -0.2) is 4.79 Å². The molecule has 1 amide bonds. The molecule has 15 heavy (non-hydrogen) atoms. The summed E-state index contributed by atoms with van der Waals surface area (Å²) in [7, 11) is 1.31. The van der Waals surface area contributed by atoms with E-state index < -0.39 is 6.04 Å². The van der Waals surface area contributed by atoms with Gasteiger partial charge in [-0.2, -0.15) is 0 Å². The third kappa shape index (κ3) is 1.62. The number of ether oxygens (including phenoxy) is 1. The van der Waals surface area contributed by atoms with Crippen LogP contribution in [-0.4, -0.2) is 41.8 Å². The molecule has 0 saturated carbocycles. The molecule has 0 N–H and O–H groups in total. The van der Waals surface area contributed by atoms with Gasteiger partial charge >= 0.3 is 5.97 Å². The average Bonchev–Trinajstić information content (AvgIpc) is 2.60. The predicted molar refractivity (Wildman–Crippen MR) is 49.9 cm³/mol. The number of ketones is 1. The van der Waals surface area contributed by atoms with Gasteiger partial charge in [-0.05, 0) is 12.8 Å². The van der Waals surface area contributed by atoms with Crippen LogP contribution in [0.2, 0.25) is 0 Å². The van der Waals surface area contributed by atoms with Gasteiger partial charge in [0.15, 0.2) is 0 Å². The summed E-state index contributed by atoms with van der Waals surface area (Å²) < 4.78 is 4.64. The van der Waals surface area contributed by atoms with E-state index in [0.29, 0.717) is 12.8 Å². The van der Waals surface area contributed by atoms with Gasteiger partial charge in [0, 0.05) is 12.5 Å². The lowest BCUT2D eigenvalue weighted by Gasteiger charge is -2.31. The number of piperidine rings is 1. The highest BCUT2D eigenvalue weighted by molar-refractivity contribution is 6.02. The number of amides is 1. The van der Waals surface area contributed by atoms with E-state index in [-0.39, 0.29) is 30.1 Å². The second-order valence-electron chi connectivity index (χ2n) is 3.99. The van der Waals surface area contributed by atoms with Crippen LogP contribution < -0.4 is 0 Å². The van der Waals surface area contributed by atoms with E-state index in [0.717, 1.165) is 6.42 Å². The Hall–Kier alpha value is -1.39. The highest BCUT2D eigenvalue weighted by Crippen LogP contribution is 2.31. The summed E-state index contributed by atoms with van der Waals surface area (Å²) in [5, 5.41) is 0. The van der Waals surface area contributed by atoms with Crippen molar-refractivity contribution in [2.24, 2.45) is 0 Å². The third-order valence-electron chi connectivity index (χ3n) is 3.08. The third-order valence-corrected chi connectivity index (χ3v) is 3.08. The first-order chi connectivity index (χ1) is 7.13. The molecule has 82 valence electrons. The highest BCUT2D eigenvalue weighted by Gasteiger charge is 2.45. The SMILES string of the molecule is COC(=O)[C@@H]1CC[C@H]2CC(=O)CC(=O)N21. The molecule has 5 heteroatoms. The molecule has 2 rings (SSSR count). The number of nitrogens with zero attached hydrogens (tertiary/aromatic N) is 1. The van der Waals surface area contributed by atoms with Crippen molar-refractivity contribution in [3.05, 3.63) is 0 Å². The van der Waals surface area contributed by atoms with Crippen LogP contribution in [0.5, 0.6) is 0 Å². The largest absolute Gasteiger partial charge is 0.467 e. The second kappa shape index (κ2) is 3.64. The highest BCUT2D eigenvalue weighted by atomic mass is 16.5. The minimum absolute atomic E-state index is 0.0215. The van der Waals surface area contributed by atoms with Gasteiger partial charge in [0.25, 0.3) is 0 Å². The Morgan fingerprint density at radius 3 is 2.80 bits per heavy atom. The summed E-state index contributed by atoms with van der Waals surface area (Å²) in [5.74, 6) is -0.629. The molecule has 0 aliphatic carbocycles. The van der Waals surface area contributed by atoms with E-state index in [9.17, 15) is 14.4 Å². The first kappa shape index (κ1) is 10.1. The zero-order chi connectivity index (χ0) is 11.0. The molecule has 0 unspecified atom stereocenters. The molecule has 0 spiro atoms. The molecule has 2 aliphatic rings. The number of fused-ring (bicyclic) bond motifs is 1. The van der Waals surface area contributed by atoms with Crippen molar-refractivity contribution in [2.45, 2.75) is 37.8 Å². The molecular formula is C10H13NO4. The maximum absolute atomic E-state index is 11.6. The first-order valence-electron chi connectivity index (χ1n) is 5.04. The van der Waals surface area contributed by atoms with Gasteiger partial charge in [0.1, 0.15) is 11.8 Å². The van der Waals surface area contributed by atoms with Crippen LogP contribution in [0.15, 0.2) is 0 Å². The molecule has 2 atom stereocenters. The fourth-order valence-corrected chi connectivity index (χ4v) is 2.42. The van der Waals surface area contributed by atoms with E-state index >= 15 is 0 Å². The van der Waals surface area contributed by atoms with Crippen LogP contribution in [0.4, 0.5) is 0 Å². The topological polar surface area (TPSA) is 63.7 Å². The maximum atomic E-state index is 11.6. The normalized spacial score (nSPS) is 30.3. The van der Waals surface area contributed by atoms with Gasteiger partial charge < -0.3 is 9.64 Å². The first-order valence-corrected chi connectivity index (χ1v) is 5.04. The lowest BCUT2D eigenvalue weighted by molar-refractivity contribution is -0.155. The molecule has 2 aliphatic heterocycles. The fraction of sp³-hybridized carbons (Fsp3) is 0.700. The summed E-state index contributed by atoms with van der Waals surface area (Å²) in [6, 6.07) is -0.552. The van der Waals surface area contributed by atoms with Crippen molar-refractivity contribution in [2.75, 3.05) is 7.11 Å². The lowest BCUT2D eigenvalue weighted by Crippen LogP contribution is -2.49. The standard InChI is InChI=1S/C10H13NO4/c1-15-10(14)8-3-2-6-4-7(12)5-9(13)11(6)8/h6,8H,2-5H2,1H3/t6-,8-/m0/s1. The number of methoxy groups -OCH3 is 1. The number of esters is 1. The minimum atomic E-state index is -0.472. The number of carbonyl (C=O) groups is 3. The second-order valence-corrected chi connectivity index (χ2v) is 3.99. The zero-order valence-corrected chi connectivity index (χ0v) is 8.56. The summed E-state index contributed by atoms with van der Waals surface area (Å²) in [5.41, 5.74) is 0. The van der Waals surface area contributed by atoms with Crippen LogP contribution in [0, 0.1) is 0 Å². The van der Waals surface area contributed by atoms with E-state index in [1.807, 2.05) is 0 Å². The Labute approximate surface area is 87.4 Å². The quantitative estimate of drug-likeness (QED) is 0.448. The van der Waals surface area contributed by atoms with Gasteiger partial charge in [-0.15, -0.1) is 0 Å². The van der Waals surface area contributed by atoms with Crippen LogP contribution >= 0.6 is 0 Å². The molecule has 5 nitrogen and oxygen atoms in total. The molecule has 0 aromatic carbocycles. The zero-order valence-electron chi connectivity index (χ0n) is 8.56. The minimum Gasteiger partial charge on any atom is -0.467 e.